The molecule has 0 heterocycles. The molecule has 82 valence electrons. The second kappa shape index (κ2) is 4.86. The summed E-state index contributed by atoms with van der Waals surface area (Å²) in [5, 5.41) is 10.0. The van der Waals surface area contributed by atoms with Crippen molar-refractivity contribution < 1.29 is 9.90 Å². The molecule has 2 unspecified atom stereocenters. The lowest BCUT2D eigenvalue weighted by molar-refractivity contribution is -0.141. The van der Waals surface area contributed by atoms with Crippen molar-refractivity contribution in [2.24, 2.45) is 5.92 Å². The Balaban J connectivity index is 3.04. The largest absolute Gasteiger partial charge is 0.481 e. The summed E-state index contributed by atoms with van der Waals surface area (Å²) in [6, 6.07) is 5.09. The van der Waals surface area contributed by atoms with Crippen LogP contribution in [-0.2, 0) is 4.79 Å². The molecule has 0 bridgehead atoms. The van der Waals surface area contributed by atoms with E-state index in [0.29, 0.717) is 10.0 Å². The smallest absolute Gasteiger partial charge is 0.306 e. The van der Waals surface area contributed by atoms with Gasteiger partial charge < -0.3 is 5.11 Å². The normalized spacial score (nSPS) is 14.7. The fourth-order valence-electron chi connectivity index (χ4n) is 1.35. The SMILES string of the molecule is CC(C(=O)O)C(C)c1cc(Cl)ccc1Cl. The molecule has 0 spiro atoms. The van der Waals surface area contributed by atoms with Crippen molar-refractivity contribution in [2.45, 2.75) is 19.8 Å². The Labute approximate surface area is 98.8 Å². The van der Waals surface area contributed by atoms with Crippen LogP contribution in [0.2, 0.25) is 10.0 Å². The van der Waals surface area contributed by atoms with Crippen molar-refractivity contribution in [1.29, 1.82) is 0 Å². The van der Waals surface area contributed by atoms with Gasteiger partial charge in [-0.3, -0.25) is 4.79 Å². The van der Waals surface area contributed by atoms with Crippen LogP contribution in [0.5, 0.6) is 0 Å². The van der Waals surface area contributed by atoms with E-state index >= 15 is 0 Å². The summed E-state index contributed by atoms with van der Waals surface area (Å²) in [6.45, 7) is 3.49. The van der Waals surface area contributed by atoms with Crippen LogP contribution in [0.4, 0.5) is 0 Å². The maximum Gasteiger partial charge on any atom is 0.306 e. The van der Waals surface area contributed by atoms with Gasteiger partial charge in [0.25, 0.3) is 0 Å². The number of carboxylic acid groups (broad SMARTS) is 1. The molecular formula is C11H12Cl2O2. The van der Waals surface area contributed by atoms with E-state index in [1.807, 2.05) is 6.92 Å². The summed E-state index contributed by atoms with van der Waals surface area (Å²) in [7, 11) is 0. The highest BCUT2D eigenvalue weighted by Gasteiger charge is 2.22. The minimum absolute atomic E-state index is 0.159. The zero-order valence-electron chi connectivity index (χ0n) is 8.50. The molecule has 0 aliphatic carbocycles. The quantitative estimate of drug-likeness (QED) is 0.881. The van der Waals surface area contributed by atoms with Gasteiger partial charge in [0.2, 0.25) is 0 Å². The maximum absolute atomic E-state index is 10.8. The monoisotopic (exact) mass is 246 g/mol. The number of aliphatic carboxylic acids is 1. The van der Waals surface area contributed by atoms with E-state index in [1.54, 1.807) is 25.1 Å². The molecular weight excluding hydrogens is 235 g/mol. The van der Waals surface area contributed by atoms with Crippen molar-refractivity contribution in [3.8, 4) is 0 Å². The first-order valence-electron chi connectivity index (χ1n) is 4.61. The fourth-order valence-corrected chi connectivity index (χ4v) is 1.82. The van der Waals surface area contributed by atoms with Gasteiger partial charge in [-0.2, -0.15) is 0 Å². The molecule has 0 aliphatic heterocycles. The van der Waals surface area contributed by atoms with Gasteiger partial charge >= 0.3 is 5.97 Å². The lowest BCUT2D eigenvalue weighted by Crippen LogP contribution is -2.16. The maximum atomic E-state index is 10.8. The first kappa shape index (κ1) is 12.3. The van der Waals surface area contributed by atoms with Gasteiger partial charge in [-0.1, -0.05) is 37.0 Å². The van der Waals surface area contributed by atoms with Gasteiger partial charge in [0, 0.05) is 10.0 Å². The van der Waals surface area contributed by atoms with Crippen molar-refractivity contribution in [2.75, 3.05) is 0 Å². The van der Waals surface area contributed by atoms with Crippen LogP contribution in [0, 0.1) is 5.92 Å². The first-order chi connectivity index (χ1) is 6.93. The van der Waals surface area contributed by atoms with Crippen LogP contribution in [0.1, 0.15) is 25.3 Å². The molecule has 0 radical (unpaired) electrons. The van der Waals surface area contributed by atoms with Gasteiger partial charge in [0.15, 0.2) is 0 Å². The van der Waals surface area contributed by atoms with Gasteiger partial charge in [0.05, 0.1) is 5.92 Å². The molecule has 15 heavy (non-hydrogen) atoms. The summed E-state index contributed by atoms with van der Waals surface area (Å²) in [4.78, 5) is 10.8. The summed E-state index contributed by atoms with van der Waals surface area (Å²) in [5.41, 5.74) is 0.777. The second-order valence-corrected chi connectivity index (χ2v) is 4.43. The van der Waals surface area contributed by atoms with E-state index in [2.05, 4.69) is 0 Å². The third-order valence-corrected chi connectivity index (χ3v) is 3.17. The molecule has 1 rings (SSSR count). The summed E-state index contributed by atoms with van der Waals surface area (Å²) in [6.07, 6.45) is 0. The van der Waals surface area contributed by atoms with Crippen molar-refractivity contribution in [3.63, 3.8) is 0 Å². The van der Waals surface area contributed by atoms with Gasteiger partial charge in [-0.15, -0.1) is 0 Å². The number of benzene rings is 1. The van der Waals surface area contributed by atoms with Crippen LogP contribution in [-0.4, -0.2) is 11.1 Å². The highest BCUT2D eigenvalue weighted by atomic mass is 35.5. The fraction of sp³-hybridized carbons (Fsp3) is 0.364. The van der Waals surface area contributed by atoms with Crippen LogP contribution in [0.25, 0.3) is 0 Å². The highest BCUT2D eigenvalue weighted by molar-refractivity contribution is 6.33. The molecule has 2 nitrogen and oxygen atoms in total. The van der Waals surface area contributed by atoms with E-state index in [9.17, 15) is 4.79 Å². The van der Waals surface area contributed by atoms with E-state index in [0.717, 1.165) is 5.56 Å². The lowest BCUT2D eigenvalue weighted by atomic mass is 9.89. The average molecular weight is 247 g/mol. The average Bonchev–Trinajstić information content (AvgIpc) is 2.19. The van der Waals surface area contributed by atoms with Gasteiger partial charge in [-0.25, -0.2) is 0 Å². The Hall–Kier alpha value is -0.730. The molecule has 4 heteroatoms. The number of carboxylic acids is 1. The first-order valence-corrected chi connectivity index (χ1v) is 5.37. The number of hydrogen-bond acceptors (Lipinski definition) is 1. The molecule has 0 saturated carbocycles. The van der Waals surface area contributed by atoms with Crippen molar-refractivity contribution in [3.05, 3.63) is 33.8 Å². The molecule has 1 aromatic rings. The van der Waals surface area contributed by atoms with Crippen molar-refractivity contribution >= 4 is 29.2 Å². The van der Waals surface area contributed by atoms with Crippen LogP contribution < -0.4 is 0 Å². The zero-order valence-corrected chi connectivity index (χ0v) is 10.0. The van der Waals surface area contributed by atoms with E-state index in [4.69, 9.17) is 28.3 Å². The predicted octanol–water partition coefficient (Wildman–Crippen LogP) is 3.82. The molecule has 0 amide bonds. The Morgan fingerprint density at radius 2 is 1.93 bits per heavy atom. The van der Waals surface area contributed by atoms with Crippen LogP contribution in [0.15, 0.2) is 18.2 Å². The van der Waals surface area contributed by atoms with E-state index < -0.39 is 11.9 Å². The number of rotatable bonds is 3. The number of halogens is 2. The highest BCUT2D eigenvalue weighted by Crippen LogP contribution is 2.32. The number of carbonyl (C=O) groups is 1. The minimum atomic E-state index is -0.835. The number of hydrogen-bond donors (Lipinski definition) is 1. The third kappa shape index (κ3) is 2.86. The van der Waals surface area contributed by atoms with E-state index in [1.165, 1.54) is 0 Å². The standard InChI is InChI=1S/C11H12Cl2O2/c1-6(7(2)11(14)15)9-5-8(12)3-4-10(9)13/h3-7H,1-2H3,(H,14,15). The van der Waals surface area contributed by atoms with E-state index in [-0.39, 0.29) is 5.92 Å². The molecule has 1 N–H and O–H groups in total. The van der Waals surface area contributed by atoms with Crippen molar-refractivity contribution in [1.82, 2.24) is 0 Å². The minimum Gasteiger partial charge on any atom is -0.481 e. The Morgan fingerprint density at radius 1 is 1.33 bits per heavy atom. The Bertz CT molecular complexity index is 377. The second-order valence-electron chi connectivity index (χ2n) is 3.58. The lowest BCUT2D eigenvalue weighted by Gasteiger charge is -2.17. The van der Waals surface area contributed by atoms with Gasteiger partial charge in [0.1, 0.15) is 0 Å². The molecule has 2 atom stereocenters. The molecule has 0 saturated heterocycles. The Kier molecular flexibility index (Phi) is 4.00. The Morgan fingerprint density at radius 3 is 2.47 bits per heavy atom. The topological polar surface area (TPSA) is 37.3 Å². The molecule has 0 aliphatic rings. The zero-order chi connectivity index (χ0) is 11.6. The van der Waals surface area contributed by atoms with Crippen LogP contribution >= 0.6 is 23.2 Å². The molecule has 0 aromatic heterocycles. The van der Waals surface area contributed by atoms with Gasteiger partial charge in [-0.05, 0) is 29.7 Å². The molecule has 0 fully saturated rings. The third-order valence-electron chi connectivity index (χ3n) is 2.59. The predicted molar refractivity (Wildman–Crippen MR) is 61.7 cm³/mol. The van der Waals surface area contributed by atoms with Crippen LogP contribution in [0.3, 0.4) is 0 Å². The molecule has 1 aromatic carbocycles. The summed E-state index contributed by atoms with van der Waals surface area (Å²) in [5.74, 6) is -1.48. The summed E-state index contributed by atoms with van der Waals surface area (Å²) >= 11 is 11.8. The summed E-state index contributed by atoms with van der Waals surface area (Å²) < 4.78 is 0.